The number of hydrogen-bond donors (Lipinski definition) is 3. The number of hydrogen-bond acceptors (Lipinski definition) is 7. The predicted molar refractivity (Wildman–Crippen MR) is 117 cm³/mol. The van der Waals surface area contributed by atoms with Crippen LogP contribution in [0.3, 0.4) is 0 Å². The van der Waals surface area contributed by atoms with Gasteiger partial charge in [0.15, 0.2) is 5.82 Å². The molecular formula is C20H33N5O3S. The molecule has 1 aliphatic carbocycles. The van der Waals surface area contributed by atoms with Crippen molar-refractivity contribution in [2.75, 3.05) is 37.8 Å². The summed E-state index contributed by atoms with van der Waals surface area (Å²) in [5, 5.41) is 0. The average molecular weight is 424 g/mol. The number of aromatic nitrogens is 3. The molecule has 2 fully saturated rings. The first-order valence-electron chi connectivity index (χ1n) is 10.6. The van der Waals surface area contributed by atoms with E-state index in [0.717, 1.165) is 66.4 Å². The molecule has 2 aliphatic rings. The zero-order valence-corrected chi connectivity index (χ0v) is 18.2. The van der Waals surface area contributed by atoms with Crippen molar-refractivity contribution in [1.29, 1.82) is 0 Å². The van der Waals surface area contributed by atoms with Gasteiger partial charge in [-0.2, -0.15) is 0 Å². The molecule has 0 unspecified atom stereocenters. The molecule has 2 aromatic rings. The highest BCUT2D eigenvalue weighted by atomic mass is 32.3. The molecule has 8 nitrogen and oxygen atoms in total. The van der Waals surface area contributed by atoms with Gasteiger partial charge in [-0.3, -0.25) is 9.11 Å². The zero-order valence-electron chi connectivity index (χ0n) is 17.4. The number of ether oxygens (including phenoxy) is 1. The fraction of sp³-hybridized carbons (Fsp3) is 0.700. The molecule has 0 bridgehead atoms. The lowest BCUT2D eigenvalue weighted by Gasteiger charge is -2.36. The lowest BCUT2D eigenvalue weighted by molar-refractivity contribution is 0.120. The van der Waals surface area contributed by atoms with E-state index in [0.29, 0.717) is 31.3 Å². The number of nitrogens with two attached hydrogens (primary N) is 1. The van der Waals surface area contributed by atoms with E-state index in [1.54, 1.807) is 4.31 Å². The van der Waals surface area contributed by atoms with Crippen molar-refractivity contribution in [3.05, 3.63) is 17.1 Å². The highest BCUT2D eigenvalue weighted by Crippen LogP contribution is 2.48. The monoisotopic (exact) mass is 423 g/mol. The van der Waals surface area contributed by atoms with Crippen molar-refractivity contribution < 1.29 is 13.8 Å². The summed E-state index contributed by atoms with van der Waals surface area (Å²) in [6.45, 7) is 7.45. The lowest BCUT2D eigenvalue weighted by atomic mass is 10.2. The van der Waals surface area contributed by atoms with Crippen LogP contribution in [0.5, 0.6) is 0 Å². The number of aryl methyl sites for hydroxylation is 2. The molecule has 1 saturated heterocycles. The summed E-state index contributed by atoms with van der Waals surface area (Å²) in [6.07, 6.45) is 5.20. The number of imidazole rings is 1. The predicted octanol–water partition coefficient (Wildman–Crippen LogP) is 3.36. The fourth-order valence-corrected chi connectivity index (χ4v) is 5.71. The quantitative estimate of drug-likeness (QED) is 0.531. The van der Waals surface area contributed by atoms with Crippen LogP contribution in [0.1, 0.15) is 42.8 Å². The van der Waals surface area contributed by atoms with E-state index < -0.39 is 10.8 Å². The van der Waals surface area contributed by atoms with E-state index in [9.17, 15) is 9.11 Å². The standard InChI is InChI=1S/C20H33N5O3S/c1-14-15(2)22-20(21)18-19(14)25(17(23-18)13-16-5-6-16)9-11-28-10-3-7-24-8-4-12-29(24,26)27/h16,26-27H,3-13H2,1-2H3,(H2,21,22). The van der Waals surface area contributed by atoms with Crippen molar-refractivity contribution in [1.82, 2.24) is 18.8 Å². The average Bonchev–Trinajstić information content (AvgIpc) is 3.31. The summed E-state index contributed by atoms with van der Waals surface area (Å²) in [4.78, 5) is 9.29. The molecule has 29 heavy (non-hydrogen) atoms. The molecule has 0 atom stereocenters. The summed E-state index contributed by atoms with van der Waals surface area (Å²) in [5.74, 6) is 2.83. The second-order valence-electron chi connectivity index (χ2n) is 8.32. The smallest absolute Gasteiger partial charge is 0.151 e. The van der Waals surface area contributed by atoms with Gasteiger partial charge in [0.25, 0.3) is 0 Å². The Balaban J connectivity index is 1.38. The minimum atomic E-state index is -2.52. The van der Waals surface area contributed by atoms with Crippen molar-refractivity contribution in [2.45, 2.75) is 52.5 Å². The van der Waals surface area contributed by atoms with E-state index in [1.807, 2.05) is 6.92 Å². The number of rotatable bonds is 9. The molecule has 4 N–H and O–H groups in total. The number of pyridine rings is 1. The molecule has 2 aromatic heterocycles. The highest BCUT2D eigenvalue weighted by Gasteiger charge is 2.28. The molecule has 162 valence electrons. The van der Waals surface area contributed by atoms with Crippen molar-refractivity contribution in [3.8, 4) is 0 Å². The Morgan fingerprint density at radius 1 is 1.17 bits per heavy atom. The van der Waals surface area contributed by atoms with Gasteiger partial charge in [-0.05, 0) is 51.0 Å². The highest BCUT2D eigenvalue weighted by molar-refractivity contribution is 8.22. The minimum absolute atomic E-state index is 0.502. The van der Waals surface area contributed by atoms with E-state index >= 15 is 0 Å². The summed E-state index contributed by atoms with van der Waals surface area (Å²) in [6, 6.07) is 0. The SMILES string of the molecule is Cc1nc(N)c2nc(CC3CC3)n(CCOCCCN3CCCS3(O)O)c2c1C. The van der Waals surface area contributed by atoms with Crippen LogP contribution in [0.15, 0.2) is 0 Å². The molecule has 0 aromatic carbocycles. The maximum absolute atomic E-state index is 9.96. The third-order valence-corrected chi connectivity index (χ3v) is 8.07. The first-order valence-corrected chi connectivity index (χ1v) is 12.2. The molecule has 1 saturated carbocycles. The van der Waals surface area contributed by atoms with Crippen LogP contribution in [-0.4, -0.2) is 60.0 Å². The molecule has 1 aliphatic heterocycles. The van der Waals surface area contributed by atoms with Crippen LogP contribution in [0, 0.1) is 19.8 Å². The first-order chi connectivity index (χ1) is 13.9. The summed E-state index contributed by atoms with van der Waals surface area (Å²) in [7, 11) is -2.52. The summed E-state index contributed by atoms with van der Waals surface area (Å²) < 4.78 is 29.9. The van der Waals surface area contributed by atoms with Crippen LogP contribution in [0.4, 0.5) is 5.82 Å². The topological polar surface area (TPSA) is 110 Å². The zero-order chi connectivity index (χ0) is 20.6. The van der Waals surface area contributed by atoms with Gasteiger partial charge >= 0.3 is 0 Å². The van der Waals surface area contributed by atoms with Crippen LogP contribution in [-0.2, 0) is 17.7 Å². The van der Waals surface area contributed by atoms with Crippen LogP contribution >= 0.6 is 10.8 Å². The van der Waals surface area contributed by atoms with Crippen LogP contribution in [0.25, 0.3) is 11.0 Å². The lowest BCUT2D eigenvalue weighted by Crippen LogP contribution is -2.24. The van der Waals surface area contributed by atoms with Crippen LogP contribution in [0.2, 0.25) is 0 Å². The van der Waals surface area contributed by atoms with Gasteiger partial charge in [-0.25, -0.2) is 14.3 Å². The maximum Gasteiger partial charge on any atom is 0.151 e. The summed E-state index contributed by atoms with van der Waals surface area (Å²) >= 11 is 0. The van der Waals surface area contributed by atoms with Gasteiger partial charge in [0.2, 0.25) is 0 Å². The van der Waals surface area contributed by atoms with Gasteiger partial charge in [0.1, 0.15) is 11.3 Å². The van der Waals surface area contributed by atoms with E-state index in [1.165, 1.54) is 12.8 Å². The van der Waals surface area contributed by atoms with Gasteiger partial charge < -0.3 is 15.0 Å². The fourth-order valence-electron chi connectivity index (χ4n) is 4.09. The Morgan fingerprint density at radius 3 is 2.66 bits per heavy atom. The molecular weight excluding hydrogens is 390 g/mol. The Labute approximate surface area is 173 Å². The molecule has 0 spiro atoms. The van der Waals surface area contributed by atoms with E-state index in [-0.39, 0.29) is 0 Å². The number of nitrogen functional groups attached to an aromatic ring is 1. The second kappa shape index (κ2) is 8.39. The third-order valence-electron chi connectivity index (χ3n) is 6.04. The number of fused-ring (bicyclic) bond motifs is 1. The van der Waals surface area contributed by atoms with E-state index in [4.69, 9.17) is 15.5 Å². The number of nitrogens with zero attached hydrogens (tertiary/aromatic N) is 4. The van der Waals surface area contributed by atoms with Gasteiger partial charge in [0, 0.05) is 38.4 Å². The molecule has 0 radical (unpaired) electrons. The summed E-state index contributed by atoms with van der Waals surface area (Å²) in [5.41, 5.74) is 10.1. The molecule has 9 heteroatoms. The number of anilines is 1. The molecule has 3 heterocycles. The maximum atomic E-state index is 9.96. The van der Waals surface area contributed by atoms with Crippen LogP contribution < -0.4 is 5.73 Å². The normalized spacial score (nSPS) is 20.6. The van der Waals surface area contributed by atoms with Crippen molar-refractivity contribution >= 4 is 27.6 Å². The van der Waals surface area contributed by atoms with Gasteiger partial charge in [-0.1, -0.05) is 0 Å². The second-order valence-corrected chi connectivity index (χ2v) is 10.5. The largest absolute Gasteiger partial charge is 0.382 e. The van der Waals surface area contributed by atoms with Gasteiger partial charge in [0.05, 0.1) is 17.9 Å². The van der Waals surface area contributed by atoms with Crippen molar-refractivity contribution in [2.24, 2.45) is 5.92 Å². The van der Waals surface area contributed by atoms with Gasteiger partial charge in [-0.15, -0.1) is 10.8 Å². The Kier molecular flexibility index (Phi) is 6.04. The third kappa shape index (κ3) is 4.54. The van der Waals surface area contributed by atoms with Crippen molar-refractivity contribution in [3.63, 3.8) is 0 Å². The molecule has 4 rings (SSSR count). The Morgan fingerprint density at radius 2 is 1.97 bits per heavy atom. The first kappa shape index (κ1) is 20.9. The molecule has 0 amide bonds. The van der Waals surface area contributed by atoms with E-state index in [2.05, 4.69) is 16.5 Å². The minimum Gasteiger partial charge on any atom is -0.382 e. The Hall–Kier alpha value is -1.39. The Bertz CT molecular complexity index is 881.